The fraction of sp³-hybridized carbons (Fsp3) is 0.333. The molecule has 0 aliphatic rings. The fourth-order valence-electron chi connectivity index (χ4n) is 1.89. The molecule has 2 atom stereocenters. The molecule has 19 heavy (non-hydrogen) atoms. The second kappa shape index (κ2) is 6.52. The highest BCUT2D eigenvalue weighted by molar-refractivity contribution is 5.88. The van der Waals surface area contributed by atoms with Gasteiger partial charge in [0.15, 0.2) is 0 Å². The van der Waals surface area contributed by atoms with Gasteiger partial charge in [-0.25, -0.2) is 0 Å². The molecule has 0 aliphatic carbocycles. The lowest BCUT2D eigenvalue weighted by molar-refractivity contribution is 0.105. The molecule has 2 unspecified atom stereocenters. The van der Waals surface area contributed by atoms with Crippen molar-refractivity contribution in [1.82, 2.24) is 5.32 Å². The molecule has 0 fully saturated rings. The van der Waals surface area contributed by atoms with Gasteiger partial charge in [0.1, 0.15) is 18.5 Å². The number of ether oxygens (including phenoxy) is 1. The Labute approximate surface area is 113 Å². The average molecular weight is 260 g/mol. The molecule has 0 heterocycles. The van der Waals surface area contributed by atoms with Gasteiger partial charge >= 0.3 is 0 Å². The number of hydrogen-bond acceptors (Lipinski definition) is 4. The third-order valence-electron chi connectivity index (χ3n) is 2.86. The molecule has 102 valence electrons. The molecule has 4 N–H and O–H groups in total. The van der Waals surface area contributed by atoms with Crippen LogP contribution in [0.25, 0.3) is 10.8 Å². The van der Waals surface area contributed by atoms with E-state index in [9.17, 15) is 5.11 Å². The monoisotopic (exact) mass is 260 g/mol. The van der Waals surface area contributed by atoms with Crippen LogP contribution in [0.2, 0.25) is 0 Å². The first kappa shape index (κ1) is 13.8. The van der Waals surface area contributed by atoms with Gasteiger partial charge < -0.3 is 15.6 Å². The van der Waals surface area contributed by atoms with E-state index in [1.165, 1.54) is 0 Å². The normalized spacial score (nSPS) is 14.3. The van der Waals surface area contributed by atoms with E-state index < -0.39 is 6.10 Å². The summed E-state index contributed by atoms with van der Waals surface area (Å²) in [7, 11) is 0. The Bertz CT molecular complexity index is 523. The van der Waals surface area contributed by atoms with Gasteiger partial charge in [0.2, 0.25) is 0 Å². The van der Waals surface area contributed by atoms with Crippen molar-refractivity contribution in [3.8, 4) is 5.75 Å². The third kappa shape index (κ3) is 3.92. The maximum Gasteiger partial charge on any atom is 0.127 e. The standard InChI is InChI=1S/C15H20N2O2/c1-11(16)17-9-13(18)10-19-15-8-4-6-12-5-2-3-7-14(12)15/h2-8,11,13,17-18H,9-10,16H2,1H3. The Kier molecular flexibility index (Phi) is 4.74. The molecule has 0 aromatic heterocycles. The molecule has 2 aromatic rings. The summed E-state index contributed by atoms with van der Waals surface area (Å²) in [5.74, 6) is 0.790. The average Bonchev–Trinajstić information content (AvgIpc) is 2.42. The molecular formula is C15H20N2O2. The van der Waals surface area contributed by atoms with Gasteiger partial charge in [0, 0.05) is 11.9 Å². The van der Waals surface area contributed by atoms with Crippen molar-refractivity contribution in [2.75, 3.05) is 13.2 Å². The van der Waals surface area contributed by atoms with E-state index in [-0.39, 0.29) is 12.8 Å². The van der Waals surface area contributed by atoms with E-state index >= 15 is 0 Å². The van der Waals surface area contributed by atoms with Gasteiger partial charge in [-0.2, -0.15) is 0 Å². The summed E-state index contributed by atoms with van der Waals surface area (Å²) >= 11 is 0. The summed E-state index contributed by atoms with van der Waals surface area (Å²) in [6.45, 7) is 2.49. The molecule has 4 heteroatoms. The minimum atomic E-state index is -0.579. The molecule has 0 spiro atoms. The van der Waals surface area contributed by atoms with Crippen molar-refractivity contribution in [1.29, 1.82) is 0 Å². The van der Waals surface area contributed by atoms with Gasteiger partial charge in [-0.3, -0.25) is 5.32 Å². The summed E-state index contributed by atoms with van der Waals surface area (Å²) in [5.41, 5.74) is 5.56. The molecule has 0 saturated carbocycles. The number of benzene rings is 2. The van der Waals surface area contributed by atoms with E-state index in [2.05, 4.69) is 5.32 Å². The van der Waals surface area contributed by atoms with Crippen LogP contribution in [-0.2, 0) is 0 Å². The van der Waals surface area contributed by atoms with Crippen LogP contribution < -0.4 is 15.8 Å². The predicted octanol–water partition coefficient (Wildman–Crippen LogP) is 1.47. The van der Waals surface area contributed by atoms with Gasteiger partial charge in [-0.15, -0.1) is 0 Å². The van der Waals surface area contributed by atoms with E-state index in [1.807, 2.05) is 49.4 Å². The molecule has 0 aliphatic heterocycles. The van der Waals surface area contributed by atoms with Crippen molar-refractivity contribution in [2.24, 2.45) is 5.73 Å². The summed E-state index contributed by atoms with van der Waals surface area (Å²) in [6.07, 6.45) is -0.711. The summed E-state index contributed by atoms with van der Waals surface area (Å²) in [6, 6.07) is 13.9. The SMILES string of the molecule is CC(N)NCC(O)COc1cccc2ccccc12. The van der Waals surface area contributed by atoms with E-state index in [0.717, 1.165) is 16.5 Å². The van der Waals surface area contributed by atoms with Gasteiger partial charge in [-0.05, 0) is 18.4 Å². The lowest BCUT2D eigenvalue weighted by Gasteiger charge is -2.15. The molecule has 2 aromatic carbocycles. The van der Waals surface area contributed by atoms with Crippen LogP contribution in [-0.4, -0.2) is 30.5 Å². The number of rotatable bonds is 6. The number of hydrogen-bond donors (Lipinski definition) is 3. The second-order valence-electron chi connectivity index (χ2n) is 4.64. The van der Waals surface area contributed by atoms with Crippen LogP contribution in [0.4, 0.5) is 0 Å². The lowest BCUT2D eigenvalue weighted by Crippen LogP contribution is -2.41. The fourth-order valence-corrected chi connectivity index (χ4v) is 1.89. The Morgan fingerprint density at radius 2 is 1.95 bits per heavy atom. The lowest BCUT2D eigenvalue weighted by atomic mass is 10.1. The predicted molar refractivity (Wildman–Crippen MR) is 77.1 cm³/mol. The van der Waals surface area contributed by atoms with Crippen LogP contribution in [0.1, 0.15) is 6.92 Å². The number of nitrogens with two attached hydrogens (primary N) is 1. The van der Waals surface area contributed by atoms with Crippen LogP contribution in [0.5, 0.6) is 5.75 Å². The Hall–Kier alpha value is -1.62. The number of nitrogens with one attached hydrogen (secondary N) is 1. The molecule has 4 nitrogen and oxygen atoms in total. The molecular weight excluding hydrogens is 240 g/mol. The largest absolute Gasteiger partial charge is 0.490 e. The van der Waals surface area contributed by atoms with Crippen molar-refractivity contribution >= 4 is 10.8 Å². The van der Waals surface area contributed by atoms with Gasteiger partial charge in [-0.1, -0.05) is 36.4 Å². The maximum atomic E-state index is 9.79. The van der Waals surface area contributed by atoms with Crippen LogP contribution >= 0.6 is 0 Å². The quantitative estimate of drug-likeness (QED) is 0.688. The second-order valence-corrected chi connectivity index (χ2v) is 4.64. The Morgan fingerprint density at radius 3 is 2.74 bits per heavy atom. The van der Waals surface area contributed by atoms with Crippen molar-refractivity contribution in [3.05, 3.63) is 42.5 Å². The minimum Gasteiger partial charge on any atom is -0.490 e. The summed E-state index contributed by atoms with van der Waals surface area (Å²) in [5, 5.41) is 14.9. The van der Waals surface area contributed by atoms with Crippen LogP contribution in [0.3, 0.4) is 0 Å². The zero-order valence-corrected chi connectivity index (χ0v) is 11.0. The molecule has 0 amide bonds. The highest BCUT2D eigenvalue weighted by Crippen LogP contribution is 2.25. The van der Waals surface area contributed by atoms with Crippen molar-refractivity contribution < 1.29 is 9.84 Å². The Morgan fingerprint density at radius 1 is 1.21 bits per heavy atom. The topological polar surface area (TPSA) is 67.5 Å². The first-order valence-corrected chi connectivity index (χ1v) is 6.44. The Balaban J connectivity index is 1.98. The molecule has 0 bridgehead atoms. The van der Waals surface area contributed by atoms with Gasteiger partial charge in [0.05, 0.1) is 6.17 Å². The highest BCUT2D eigenvalue weighted by Gasteiger charge is 2.07. The smallest absolute Gasteiger partial charge is 0.127 e. The first-order valence-electron chi connectivity index (χ1n) is 6.44. The van der Waals surface area contributed by atoms with E-state index in [4.69, 9.17) is 10.5 Å². The molecule has 2 rings (SSSR count). The van der Waals surface area contributed by atoms with E-state index in [0.29, 0.717) is 6.54 Å². The summed E-state index contributed by atoms with van der Waals surface area (Å²) < 4.78 is 5.68. The zero-order valence-electron chi connectivity index (χ0n) is 11.0. The van der Waals surface area contributed by atoms with Crippen LogP contribution in [0.15, 0.2) is 42.5 Å². The van der Waals surface area contributed by atoms with Crippen molar-refractivity contribution in [3.63, 3.8) is 0 Å². The van der Waals surface area contributed by atoms with Crippen LogP contribution in [0, 0.1) is 0 Å². The number of aliphatic hydroxyl groups is 1. The third-order valence-corrected chi connectivity index (χ3v) is 2.86. The highest BCUT2D eigenvalue weighted by atomic mass is 16.5. The van der Waals surface area contributed by atoms with Gasteiger partial charge in [0.25, 0.3) is 0 Å². The zero-order chi connectivity index (χ0) is 13.7. The molecule has 0 radical (unpaired) electrons. The van der Waals surface area contributed by atoms with E-state index in [1.54, 1.807) is 0 Å². The number of aliphatic hydroxyl groups excluding tert-OH is 1. The molecule has 0 saturated heterocycles. The first-order chi connectivity index (χ1) is 9.16. The van der Waals surface area contributed by atoms with Crippen molar-refractivity contribution in [2.45, 2.75) is 19.2 Å². The number of fused-ring (bicyclic) bond motifs is 1. The minimum absolute atomic E-state index is 0.132. The maximum absolute atomic E-state index is 9.79. The summed E-state index contributed by atoms with van der Waals surface area (Å²) in [4.78, 5) is 0.